The molecule has 5 rings (SSSR count). The molecule has 0 saturated carbocycles. The quantitative estimate of drug-likeness (QED) is 0.386. The summed E-state index contributed by atoms with van der Waals surface area (Å²) in [5, 5.41) is 5.19. The van der Waals surface area contributed by atoms with Crippen LogP contribution in [0.5, 0.6) is 5.75 Å². The van der Waals surface area contributed by atoms with Crippen LogP contribution >= 0.6 is 0 Å². The average molecular weight is 426 g/mol. The Morgan fingerprint density at radius 1 is 0.875 bits per heavy atom. The van der Waals surface area contributed by atoms with Crippen LogP contribution in [0.1, 0.15) is 40.2 Å². The maximum atomic E-state index is 14.1. The summed E-state index contributed by atoms with van der Waals surface area (Å²) in [6.45, 7) is 5.75. The standard InChI is InChI=1S/C29H28FNO/c1-19-11-12-21(15-20(19)2)27-16-23(32-29-10-6-5-9-26(27)29)18-31-17-22-13-14-28(30)25-8-4-3-7-24(22)25/h3-15,23,27,31H,16-18H2,1-2H3/t23-,27?/m1/s1. The van der Waals surface area contributed by atoms with E-state index in [1.807, 2.05) is 36.4 Å². The Labute approximate surface area is 189 Å². The highest BCUT2D eigenvalue weighted by Gasteiger charge is 2.29. The molecule has 0 aromatic heterocycles. The minimum absolute atomic E-state index is 0.0724. The number of aryl methyl sites for hydroxylation is 2. The summed E-state index contributed by atoms with van der Waals surface area (Å²) in [5.74, 6) is 1.12. The fourth-order valence-corrected chi connectivity index (χ4v) is 4.76. The minimum Gasteiger partial charge on any atom is -0.489 e. The van der Waals surface area contributed by atoms with Crippen molar-refractivity contribution in [2.75, 3.05) is 6.54 Å². The molecule has 0 fully saturated rings. The smallest absolute Gasteiger partial charge is 0.131 e. The predicted molar refractivity (Wildman–Crippen MR) is 129 cm³/mol. The zero-order valence-corrected chi connectivity index (χ0v) is 18.6. The van der Waals surface area contributed by atoms with Crippen molar-refractivity contribution in [1.29, 1.82) is 0 Å². The lowest BCUT2D eigenvalue weighted by Crippen LogP contribution is -2.35. The SMILES string of the molecule is Cc1ccc(C2C[C@H](CNCc3ccc(F)c4ccccc34)Oc3ccccc32)cc1C. The lowest BCUT2D eigenvalue weighted by Gasteiger charge is -2.33. The van der Waals surface area contributed by atoms with Gasteiger partial charge in [-0.05, 0) is 60.0 Å². The fraction of sp³-hybridized carbons (Fsp3) is 0.241. The van der Waals surface area contributed by atoms with Crippen LogP contribution in [-0.2, 0) is 6.54 Å². The van der Waals surface area contributed by atoms with E-state index in [0.29, 0.717) is 17.8 Å². The third kappa shape index (κ3) is 4.01. The molecule has 1 N–H and O–H groups in total. The lowest BCUT2D eigenvalue weighted by molar-refractivity contribution is 0.162. The van der Waals surface area contributed by atoms with E-state index in [2.05, 4.69) is 55.6 Å². The molecule has 4 aromatic carbocycles. The Hall–Kier alpha value is -3.17. The van der Waals surface area contributed by atoms with E-state index >= 15 is 0 Å². The second-order valence-electron chi connectivity index (χ2n) is 8.79. The number of fused-ring (bicyclic) bond motifs is 2. The Morgan fingerprint density at radius 3 is 2.50 bits per heavy atom. The van der Waals surface area contributed by atoms with Crippen molar-refractivity contribution in [3.8, 4) is 5.75 Å². The molecule has 2 nitrogen and oxygen atoms in total. The van der Waals surface area contributed by atoms with Gasteiger partial charge in [0.25, 0.3) is 0 Å². The molecule has 0 radical (unpaired) electrons. The number of nitrogens with one attached hydrogen (secondary N) is 1. The van der Waals surface area contributed by atoms with Gasteiger partial charge in [0.1, 0.15) is 17.7 Å². The normalized spacial score (nSPS) is 17.7. The van der Waals surface area contributed by atoms with E-state index in [0.717, 1.165) is 29.7 Å². The molecule has 0 saturated heterocycles. The number of benzene rings is 4. The first-order valence-electron chi connectivity index (χ1n) is 11.3. The van der Waals surface area contributed by atoms with Crippen molar-refractivity contribution in [3.05, 3.63) is 112 Å². The predicted octanol–water partition coefficient (Wildman–Crippen LogP) is 6.67. The monoisotopic (exact) mass is 425 g/mol. The van der Waals surface area contributed by atoms with Gasteiger partial charge in [-0.3, -0.25) is 0 Å². The van der Waals surface area contributed by atoms with Crippen LogP contribution in [-0.4, -0.2) is 12.6 Å². The molecular weight excluding hydrogens is 397 g/mol. The van der Waals surface area contributed by atoms with Gasteiger partial charge in [-0.25, -0.2) is 4.39 Å². The molecule has 2 atom stereocenters. The number of hydrogen-bond acceptors (Lipinski definition) is 2. The molecule has 32 heavy (non-hydrogen) atoms. The molecule has 1 heterocycles. The highest BCUT2D eigenvalue weighted by Crippen LogP contribution is 2.40. The molecule has 3 heteroatoms. The van der Waals surface area contributed by atoms with Gasteiger partial charge in [0.15, 0.2) is 0 Å². The van der Waals surface area contributed by atoms with Crippen molar-refractivity contribution in [2.45, 2.75) is 38.8 Å². The molecule has 1 aliphatic rings. The number of para-hydroxylation sites is 1. The molecule has 0 amide bonds. The van der Waals surface area contributed by atoms with Crippen molar-refractivity contribution >= 4 is 10.8 Å². The van der Waals surface area contributed by atoms with Crippen LogP contribution in [0.4, 0.5) is 4.39 Å². The molecule has 1 aliphatic heterocycles. The first kappa shape index (κ1) is 20.7. The highest BCUT2D eigenvalue weighted by molar-refractivity contribution is 5.86. The second-order valence-corrected chi connectivity index (χ2v) is 8.79. The second kappa shape index (κ2) is 8.76. The number of ether oxygens (including phenoxy) is 1. The van der Waals surface area contributed by atoms with E-state index in [4.69, 9.17) is 4.74 Å². The van der Waals surface area contributed by atoms with Gasteiger partial charge in [-0.2, -0.15) is 0 Å². The zero-order valence-electron chi connectivity index (χ0n) is 18.6. The first-order valence-corrected chi connectivity index (χ1v) is 11.3. The first-order chi connectivity index (χ1) is 15.6. The summed E-state index contributed by atoms with van der Waals surface area (Å²) >= 11 is 0. The molecule has 0 aliphatic carbocycles. The number of rotatable bonds is 5. The molecular formula is C29H28FNO. The summed E-state index contributed by atoms with van der Waals surface area (Å²) in [7, 11) is 0. The van der Waals surface area contributed by atoms with Gasteiger partial charge in [-0.1, -0.05) is 66.7 Å². The van der Waals surface area contributed by atoms with Crippen molar-refractivity contribution < 1.29 is 9.13 Å². The Morgan fingerprint density at radius 2 is 1.66 bits per heavy atom. The van der Waals surface area contributed by atoms with Crippen LogP contribution in [0, 0.1) is 19.7 Å². The summed E-state index contributed by atoms with van der Waals surface area (Å²) in [5.41, 5.74) is 6.35. The molecule has 0 bridgehead atoms. The maximum Gasteiger partial charge on any atom is 0.131 e. The molecule has 4 aromatic rings. The summed E-state index contributed by atoms with van der Waals surface area (Å²) in [6.07, 6.45) is 1.000. The van der Waals surface area contributed by atoms with E-state index < -0.39 is 0 Å². The largest absolute Gasteiger partial charge is 0.489 e. The zero-order chi connectivity index (χ0) is 22.1. The number of hydrogen-bond donors (Lipinski definition) is 1. The fourth-order valence-electron chi connectivity index (χ4n) is 4.76. The van der Waals surface area contributed by atoms with E-state index in [1.54, 1.807) is 6.07 Å². The third-order valence-corrected chi connectivity index (χ3v) is 6.67. The van der Waals surface area contributed by atoms with Crippen molar-refractivity contribution in [3.63, 3.8) is 0 Å². The third-order valence-electron chi connectivity index (χ3n) is 6.67. The van der Waals surface area contributed by atoms with Gasteiger partial charge >= 0.3 is 0 Å². The van der Waals surface area contributed by atoms with Gasteiger partial charge in [0, 0.05) is 30.0 Å². The summed E-state index contributed by atoms with van der Waals surface area (Å²) < 4.78 is 20.5. The topological polar surface area (TPSA) is 21.3 Å². The molecule has 162 valence electrons. The van der Waals surface area contributed by atoms with Crippen LogP contribution in [0.3, 0.4) is 0 Å². The van der Waals surface area contributed by atoms with Gasteiger partial charge in [-0.15, -0.1) is 0 Å². The Bertz CT molecular complexity index is 1270. The van der Waals surface area contributed by atoms with Crippen LogP contribution < -0.4 is 10.1 Å². The minimum atomic E-state index is -0.173. The summed E-state index contributed by atoms with van der Waals surface area (Å²) in [4.78, 5) is 0. The van der Waals surface area contributed by atoms with Crippen LogP contribution in [0.25, 0.3) is 10.8 Å². The molecule has 1 unspecified atom stereocenters. The van der Waals surface area contributed by atoms with E-state index in [1.165, 1.54) is 22.3 Å². The Balaban J connectivity index is 1.34. The Kier molecular flexibility index (Phi) is 5.67. The highest BCUT2D eigenvalue weighted by atomic mass is 19.1. The van der Waals surface area contributed by atoms with Gasteiger partial charge < -0.3 is 10.1 Å². The van der Waals surface area contributed by atoms with Crippen molar-refractivity contribution in [2.24, 2.45) is 0 Å². The van der Waals surface area contributed by atoms with E-state index in [-0.39, 0.29) is 11.9 Å². The van der Waals surface area contributed by atoms with Gasteiger partial charge in [0.05, 0.1) is 0 Å². The molecule has 0 spiro atoms. The van der Waals surface area contributed by atoms with Crippen LogP contribution in [0.2, 0.25) is 0 Å². The summed E-state index contributed by atoms with van der Waals surface area (Å²) in [6, 6.07) is 26.3. The maximum absolute atomic E-state index is 14.1. The van der Waals surface area contributed by atoms with E-state index in [9.17, 15) is 4.39 Å². The lowest BCUT2D eigenvalue weighted by atomic mass is 9.83. The van der Waals surface area contributed by atoms with Crippen molar-refractivity contribution in [1.82, 2.24) is 5.32 Å². The van der Waals surface area contributed by atoms with Gasteiger partial charge in [0.2, 0.25) is 0 Å². The number of halogens is 1. The average Bonchev–Trinajstić information content (AvgIpc) is 2.82. The van der Waals surface area contributed by atoms with Crippen LogP contribution in [0.15, 0.2) is 78.9 Å².